The fraction of sp³-hybridized carbons (Fsp3) is 0.174. The molecule has 0 aromatic heterocycles. The van der Waals surface area contributed by atoms with Crippen molar-refractivity contribution in [1.29, 1.82) is 0 Å². The van der Waals surface area contributed by atoms with E-state index in [1.807, 2.05) is 0 Å². The lowest BCUT2D eigenvalue weighted by Crippen LogP contribution is -2.15. The molecule has 218 valence electrons. The Hall–Kier alpha value is -5.39. The van der Waals surface area contributed by atoms with Crippen molar-refractivity contribution in [2.75, 3.05) is 13.2 Å². The lowest BCUT2D eigenvalue weighted by molar-refractivity contribution is -0.134. The fourth-order valence-corrected chi connectivity index (χ4v) is 2.14. The van der Waals surface area contributed by atoms with Gasteiger partial charge in [-0.1, -0.05) is 0 Å². The molecule has 0 bridgehead atoms. The SMILES string of the molecule is CC(=O)O.O=C(O)c1ccc(C(=O)O)c(C(=O)O)c1.O=C(O)c1ccc(C(=O)O)c(C(=O)O)c1.OCC(O)CO. The van der Waals surface area contributed by atoms with E-state index in [9.17, 15) is 28.8 Å². The maximum absolute atomic E-state index is 10.6. The molecular weight excluding hydrogens is 548 g/mol. The van der Waals surface area contributed by atoms with Crippen LogP contribution in [0.15, 0.2) is 36.4 Å². The van der Waals surface area contributed by atoms with Gasteiger partial charge in [-0.15, -0.1) is 0 Å². The van der Waals surface area contributed by atoms with Gasteiger partial charge >= 0.3 is 35.8 Å². The van der Waals surface area contributed by atoms with E-state index >= 15 is 0 Å². The molecule has 10 N–H and O–H groups in total. The van der Waals surface area contributed by atoms with Crippen molar-refractivity contribution in [2.45, 2.75) is 13.0 Å². The van der Waals surface area contributed by atoms with Crippen LogP contribution in [-0.2, 0) is 4.79 Å². The molecule has 0 saturated heterocycles. The molecule has 2 rings (SSSR count). The highest BCUT2D eigenvalue weighted by molar-refractivity contribution is 6.04. The Bertz CT molecular complexity index is 1150. The fourth-order valence-electron chi connectivity index (χ4n) is 2.14. The first kappa shape index (κ1) is 36.8. The van der Waals surface area contributed by atoms with Crippen LogP contribution in [0.25, 0.3) is 0 Å². The van der Waals surface area contributed by atoms with Crippen molar-refractivity contribution in [2.24, 2.45) is 0 Å². The highest BCUT2D eigenvalue weighted by Crippen LogP contribution is 2.13. The molecule has 0 radical (unpaired) electrons. The summed E-state index contributed by atoms with van der Waals surface area (Å²) in [5.41, 5.74) is -2.49. The molecule has 0 saturated carbocycles. The summed E-state index contributed by atoms with van der Waals surface area (Å²) >= 11 is 0. The van der Waals surface area contributed by atoms with Crippen LogP contribution in [0.4, 0.5) is 0 Å². The van der Waals surface area contributed by atoms with Crippen molar-refractivity contribution in [1.82, 2.24) is 0 Å². The van der Waals surface area contributed by atoms with Gasteiger partial charge in [0.2, 0.25) is 0 Å². The minimum Gasteiger partial charge on any atom is -0.481 e. The van der Waals surface area contributed by atoms with Crippen LogP contribution >= 0.6 is 0 Å². The molecule has 0 spiro atoms. The third-order valence-corrected chi connectivity index (χ3v) is 3.88. The molecule has 17 heteroatoms. The highest BCUT2D eigenvalue weighted by Gasteiger charge is 2.19. The molecule has 0 heterocycles. The summed E-state index contributed by atoms with van der Waals surface area (Å²) in [5.74, 6) is -9.23. The zero-order valence-electron chi connectivity index (χ0n) is 20.3. The van der Waals surface area contributed by atoms with Crippen LogP contribution in [-0.4, -0.2) is 112 Å². The Morgan fingerprint density at radius 2 is 0.775 bits per heavy atom. The standard InChI is InChI=1S/2C9H6O6.C3H8O3.C2H4O2/c2*10-7(11)4-1-2-5(8(12)13)6(3-4)9(14)15;4-1-3(6)2-5;1-2(3)4/h2*1-3H,(H,10,11)(H,12,13)(H,14,15);3-6H,1-2H2;1H3,(H,3,4). The number of hydrogen-bond acceptors (Lipinski definition) is 10. The molecule has 17 nitrogen and oxygen atoms in total. The molecule has 0 aliphatic rings. The molecule has 40 heavy (non-hydrogen) atoms. The van der Waals surface area contributed by atoms with Gasteiger partial charge in [0.1, 0.15) is 6.10 Å². The van der Waals surface area contributed by atoms with E-state index in [-0.39, 0.29) is 24.3 Å². The van der Waals surface area contributed by atoms with E-state index in [0.29, 0.717) is 0 Å². The average molecular weight is 572 g/mol. The monoisotopic (exact) mass is 572 g/mol. The molecule has 0 unspecified atom stereocenters. The molecule has 0 amide bonds. The minimum absolute atomic E-state index is 0.266. The number of carboxylic acids is 7. The van der Waals surface area contributed by atoms with Gasteiger partial charge in [-0.05, 0) is 36.4 Å². The zero-order chi connectivity index (χ0) is 31.7. The number of carbonyl (C=O) groups is 7. The smallest absolute Gasteiger partial charge is 0.336 e. The van der Waals surface area contributed by atoms with Gasteiger partial charge in [0.25, 0.3) is 5.97 Å². The van der Waals surface area contributed by atoms with Crippen LogP contribution < -0.4 is 0 Å². The van der Waals surface area contributed by atoms with E-state index in [1.54, 1.807) is 0 Å². The Morgan fingerprint density at radius 3 is 0.925 bits per heavy atom. The van der Waals surface area contributed by atoms with Crippen molar-refractivity contribution in [3.8, 4) is 0 Å². The van der Waals surface area contributed by atoms with Gasteiger partial charge in [-0.3, -0.25) is 4.79 Å². The second-order valence-corrected chi connectivity index (χ2v) is 6.89. The third kappa shape index (κ3) is 13.8. The lowest BCUT2D eigenvalue weighted by Gasteiger charge is -2.02. The van der Waals surface area contributed by atoms with E-state index in [2.05, 4.69) is 0 Å². The van der Waals surface area contributed by atoms with Crippen LogP contribution in [0.2, 0.25) is 0 Å². The number of aromatic carboxylic acids is 6. The summed E-state index contributed by atoms with van der Waals surface area (Å²) in [6.45, 7) is 0.354. The van der Waals surface area contributed by atoms with Crippen LogP contribution in [0, 0.1) is 0 Å². The second kappa shape index (κ2) is 18.0. The number of aliphatic hydroxyl groups excluding tert-OH is 3. The Kier molecular flexibility index (Phi) is 16.5. The summed E-state index contributed by atoms with van der Waals surface area (Å²) in [5, 5.41) is 83.2. The molecule has 0 atom stereocenters. The summed E-state index contributed by atoms with van der Waals surface area (Å²) in [6.07, 6.45) is -0.954. The summed E-state index contributed by atoms with van der Waals surface area (Å²) in [6, 6.07) is 5.61. The summed E-state index contributed by atoms with van der Waals surface area (Å²) in [4.78, 5) is 72.5. The van der Waals surface area contributed by atoms with Crippen molar-refractivity contribution in [3.05, 3.63) is 69.8 Å². The number of hydrogen-bond donors (Lipinski definition) is 10. The van der Waals surface area contributed by atoms with Gasteiger partial charge in [-0.2, -0.15) is 0 Å². The number of carboxylic acid groups (broad SMARTS) is 7. The topological polar surface area (TPSA) is 322 Å². The van der Waals surface area contributed by atoms with Crippen molar-refractivity contribution >= 4 is 41.8 Å². The third-order valence-electron chi connectivity index (χ3n) is 3.88. The first-order chi connectivity index (χ1) is 18.4. The Balaban J connectivity index is 0. The molecule has 0 aliphatic carbocycles. The predicted octanol–water partition coefficient (Wildman–Crippen LogP) is -0.0148. The van der Waals surface area contributed by atoms with E-state index < -0.39 is 70.1 Å². The van der Waals surface area contributed by atoms with Gasteiger partial charge in [0.15, 0.2) is 0 Å². The molecule has 0 fully saturated rings. The molecular formula is C23H24O17. The number of benzene rings is 2. The van der Waals surface area contributed by atoms with Gasteiger partial charge < -0.3 is 51.1 Å². The van der Waals surface area contributed by atoms with Crippen LogP contribution in [0.1, 0.15) is 69.1 Å². The van der Waals surface area contributed by atoms with Gasteiger partial charge in [0.05, 0.1) is 46.6 Å². The average Bonchev–Trinajstić information content (AvgIpc) is 2.87. The van der Waals surface area contributed by atoms with E-state index in [4.69, 9.17) is 55.9 Å². The van der Waals surface area contributed by atoms with Crippen LogP contribution in [0.3, 0.4) is 0 Å². The minimum atomic E-state index is -1.48. The normalized spacial score (nSPS) is 9.32. The summed E-state index contributed by atoms with van der Waals surface area (Å²) < 4.78 is 0. The molecule has 0 aliphatic heterocycles. The Labute approximate surface area is 223 Å². The largest absolute Gasteiger partial charge is 0.481 e. The first-order valence-electron chi connectivity index (χ1n) is 10.2. The molecule has 2 aromatic carbocycles. The Morgan fingerprint density at radius 1 is 0.525 bits per heavy atom. The second-order valence-electron chi connectivity index (χ2n) is 6.89. The maximum atomic E-state index is 10.6. The quantitative estimate of drug-likeness (QED) is 0.199. The van der Waals surface area contributed by atoms with Crippen molar-refractivity contribution < 1.29 is 84.6 Å². The number of rotatable bonds is 8. The number of aliphatic hydroxyl groups is 3. The van der Waals surface area contributed by atoms with Gasteiger partial charge in [0, 0.05) is 6.92 Å². The van der Waals surface area contributed by atoms with E-state index in [0.717, 1.165) is 43.3 Å². The zero-order valence-corrected chi connectivity index (χ0v) is 20.3. The highest BCUT2D eigenvalue weighted by atomic mass is 16.4. The predicted molar refractivity (Wildman–Crippen MR) is 128 cm³/mol. The van der Waals surface area contributed by atoms with E-state index in [1.165, 1.54) is 0 Å². The van der Waals surface area contributed by atoms with Crippen molar-refractivity contribution in [3.63, 3.8) is 0 Å². The van der Waals surface area contributed by atoms with Gasteiger partial charge in [-0.25, -0.2) is 28.8 Å². The number of aliphatic carboxylic acids is 1. The maximum Gasteiger partial charge on any atom is 0.336 e. The lowest BCUT2D eigenvalue weighted by atomic mass is 10.0. The van der Waals surface area contributed by atoms with Crippen LogP contribution in [0.5, 0.6) is 0 Å². The summed E-state index contributed by atoms with van der Waals surface area (Å²) in [7, 11) is 0. The first-order valence-corrected chi connectivity index (χ1v) is 10.2. The molecule has 2 aromatic rings.